The molecule has 10 nitrogen and oxygen atoms in total. The van der Waals surface area contributed by atoms with Crippen molar-refractivity contribution in [3.8, 4) is 11.3 Å². The van der Waals surface area contributed by atoms with Crippen molar-refractivity contribution in [2.75, 3.05) is 42.7 Å². The smallest absolute Gasteiger partial charge is 0.253 e. The summed E-state index contributed by atoms with van der Waals surface area (Å²) in [4.78, 5) is 31.3. The number of rotatable bonds is 7. The van der Waals surface area contributed by atoms with Gasteiger partial charge in [0.25, 0.3) is 5.91 Å². The Labute approximate surface area is 208 Å². The zero-order valence-electron chi connectivity index (χ0n) is 19.6. The minimum absolute atomic E-state index is 0.142. The van der Waals surface area contributed by atoms with Crippen LogP contribution >= 0.6 is 11.3 Å². The summed E-state index contributed by atoms with van der Waals surface area (Å²) in [6.07, 6.45) is 3.50. The van der Waals surface area contributed by atoms with Gasteiger partial charge in [0, 0.05) is 42.1 Å². The fourth-order valence-electron chi connectivity index (χ4n) is 3.71. The van der Waals surface area contributed by atoms with Crippen LogP contribution in [0.25, 0.3) is 11.3 Å². The van der Waals surface area contributed by atoms with Crippen molar-refractivity contribution in [1.29, 1.82) is 0 Å². The van der Waals surface area contributed by atoms with Crippen LogP contribution in [0, 0.1) is 0 Å². The molecule has 4 rings (SSSR count). The van der Waals surface area contributed by atoms with Crippen LogP contribution in [0.5, 0.6) is 0 Å². The molecule has 2 amide bonds. The lowest BCUT2D eigenvalue weighted by molar-refractivity contribution is -0.115. The van der Waals surface area contributed by atoms with Crippen LogP contribution in [0.15, 0.2) is 48.1 Å². The SMILES string of the molecule is CC1(C)CN(c2cccc(-c3csc(NC(=O)CNC(=O)c4ccn(S(C)(=O)=O)c4)n3)c2)CCO1. The molecule has 1 aliphatic heterocycles. The van der Waals surface area contributed by atoms with Gasteiger partial charge in [-0.1, -0.05) is 12.1 Å². The zero-order valence-corrected chi connectivity index (χ0v) is 21.3. The first kappa shape index (κ1) is 24.9. The van der Waals surface area contributed by atoms with Crippen molar-refractivity contribution in [2.24, 2.45) is 0 Å². The van der Waals surface area contributed by atoms with E-state index in [4.69, 9.17) is 4.74 Å². The van der Waals surface area contributed by atoms with E-state index in [0.29, 0.717) is 11.7 Å². The van der Waals surface area contributed by atoms with Crippen molar-refractivity contribution in [3.05, 3.63) is 53.7 Å². The molecule has 186 valence electrons. The van der Waals surface area contributed by atoms with Gasteiger partial charge < -0.3 is 20.3 Å². The van der Waals surface area contributed by atoms with E-state index in [-0.39, 0.29) is 17.7 Å². The molecule has 12 heteroatoms. The third-order valence-corrected chi connectivity index (χ3v) is 7.16. The van der Waals surface area contributed by atoms with Gasteiger partial charge in [-0.3, -0.25) is 13.6 Å². The van der Waals surface area contributed by atoms with E-state index in [1.807, 2.05) is 17.5 Å². The number of nitrogens with zero attached hydrogens (tertiary/aromatic N) is 3. The number of aromatic nitrogens is 2. The molecule has 0 aliphatic carbocycles. The number of carbonyl (C=O) groups is 2. The van der Waals surface area contributed by atoms with Gasteiger partial charge in [-0.2, -0.15) is 0 Å². The number of carbonyl (C=O) groups excluding carboxylic acids is 2. The molecule has 0 radical (unpaired) electrons. The van der Waals surface area contributed by atoms with Crippen LogP contribution in [-0.4, -0.2) is 67.3 Å². The van der Waals surface area contributed by atoms with Gasteiger partial charge in [-0.15, -0.1) is 11.3 Å². The van der Waals surface area contributed by atoms with E-state index >= 15 is 0 Å². The molecule has 3 heterocycles. The van der Waals surface area contributed by atoms with Crippen molar-refractivity contribution in [2.45, 2.75) is 19.4 Å². The van der Waals surface area contributed by atoms with E-state index in [0.717, 1.165) is 40.3 Å². The average molecular weight is 518 g/mol. The summed E-state index contributed by atoms with van der Waals surface area (Å²) in [5.41, 5.74) is 2.70. The fourth-order valence-corrected chi connectivity index (χ4v) is 5.03. The molecule has 1 fully saturated rings. The standard InChI is InChI=1S/C23H27N5O5S2/c1-23(2)15-27(9-10-33-23)18-6-4-5-16(11-18)19-14-34-22(25-19)26-20(29)12-24-21(30)17-7-8-28(13-17)35(3,31)32/h4-8,11,13-14H,9-10,12,15H2,1-3H3,(H,24,30)(H,25,26,29). The summed E-state index contributed by atoms with van der Waals surface area (Å²) in [7, 11) is -3.48. The first-order valence-corrected chi connectivity index (χ1v) is 13.6. The second-order valence-electron chi connectivity index (χ2n) is 8.84. The van der Waals surface area contributed by atoms with Gasteiger partial charge in [0.15, 0.2) is 5.13 Å². The van der Waals surface area contributed by atoms with Gasteiger partial charge in [0.2, 0.25) is 15.9 Å². The monoisotopic (exact) mass is 517 g/mol. The number of anilines is 2. The lowest BCUT2D eigenvalue weighted by Crippen LogP contribution is -2.48. The zero-order chi connectivity index (χ0) is 25.2. The largest absolute Gasteiger partial charge is 0.372 e. The number of ether oxygens (including phenoxy) is 1. The molecule has 0 atom stereocenters. The summed E-state index contributed by atoms with van der Waals surface area (Å²) >= 11 is 1.29. The van der Waals surface area contributed by atoms with E-state index < -0.39 is 21.8 Å². The maximum Gasteiger partial charge on any atom is 0.253 e. The second-order valence-corrected chi connectivity index (χ2v) is 11.6. The maximum atomic E-state index is 12.3. The molecule has 1 aliphatic rings. The molecule has 0 saturated carbocycles. The molecular formula is C23H27N5O5S2. The maximum absolute atomic E-state index is 12.3. The van der Waals surface area contributed by atoms with Gasteiger partial charge in [-0.05, 0) is 32.0 Å². The van der Waals surface area contributed by atoms with Crippen LogP contribution in [-0.2, 0) is 19.6 Å². The van der Waals surface area contributed by atoms with Crippen molar-refractivity contribution >= 4 is 44.0 Å². The molecule has 1 saturated heterocycles. The predicted molar refractivity (Wildman–Crippen MR) is 135 cm³/mol. The molecule has 3 aromatic rings. The van der Waals surface area contributed by atoms with E-state index in [1.54, 1.807) is 0 Å². The summed E-state index contributed by atoms with van der Waals surface area (Å²) in [5, 5.41) is 7.44. The first-order valence-electron chi connectivity index (χ1n) is 10.9. The Morgan fingerprint density at radius 2 is 2.06 bits per heavy atom. The highest BCUT2D eigenvalue weighted by atomic mass is 32.2. The highest BCUT2D eigenvalue weighted by Crippen LogP contribution is 2.30. The molecule has 1 aromatic carbocycles. The topological polar surface area (TPSA) is 123 Å². The molecule has 0 unspecified atom stereocenters. The first-order chi connectivity index (χ1) is 16.5. The number of amides is 2. The minimum Gasteiger partial charge on any atom is -0.372 e. The van der Waals surface area contributed by atoms with Crippen molar-refractivity contribution in [3.63, 3.8) is 0 Å². The third kappa shape index (κ3) is 6.27. The van der Waals surface area contributed by atoms with Crippen LogP contribution in [0.4, 0.5) is 10.8 Å². The van der Waals surface area contributed by atoms with E-state index in [1.165, 1.54) is 29.8 Å². The number of hydrogen-bond donors (Lipinski definition) is 2. The van der Waals surface area contributed by atoms with Crippen LogP contribution in [0.3, 0.4) is 0 Å². The summed E-state index contributed by atoms with van der Waals surface area (Å²) in [5.74, 6) is -0.989. The normalized spacial score (nSPS) is 15.6. The predicted octanol–water partition coefficient (Wildman–Crippen LogP) is 2.40. The van der Waals surface area contributed by atoms with Gasteiger partial charge >= 0.3 is 0 Å². The highest BCUT2D eigenvalue weighted by Gasteiger charge is 2.27. The molecule has 35 heavy (non-hydrogen) atoms. The third-order valence-electron chi connectivity index (χ3n) is 5.41. The Kier molecular flexibility index (Phi) is 6.97. The molecular weight excluding hydrogens is 490 g/mol. The summed E-state index contributed by atoms with van der Waals surface area (Å²) in [6, 6.07) is 9.46. The Morgan fingerprint density at radius 1 is 1.26 bits per heavy atom. The van der Waals surface area contributed by atoms with Gasteiger partial charge in [-0.25, -0.2) is 13.4 Å². The Hall–Kier alpha value is -3.22. The van der Waals surface area contributed by atoms with Crippen LogP contribution < -0.4 is 15.5 Å². The number of morpholine rings is 1. The molecule has 2 aromatic heterocycles. The number of nitrogens with one attached hydrogen (secondary N) is 2. The summed E-state index contributed by atoms with van der Waals surface area (Å²) < 4.78 is 29.8. The van der Waals surface area contributed by atoms with Crippen LogP contribution in [0.1, 0.15) is 24.2 Å². The Balaban J connectivity index is 1.35. The fraction of sp³-hybridized carbons (Fsp3) is 0.348. The molecule has 2 N–H and O–H groups in total. The number of benzene rings is 1. The quantitative estimate of drug-likeness (QED) is 0.493. The average Bonchev–Trinajstić information content (AvgIpc) is 3.47. The van der Waals surface area contributed by atoms with Gasteiger partial charge in [0.1, 0.15) is 0 Å². The number of hydrogen-bond acceptors (Lipinski definition) is 8. The lowest BCUT2D eigenvalue weighted by Gasteiger charge is -2.39. The number of thiazole rings is 1. The summed E-state index contributed by atoms with van der Waals surface area (Å²) in [6.45, 7) is 6.15. The Morgan fingerprint density at radius 3 is 2.77 bits per heavy atom. The highest BCUT2D eigenvalue weighted by molar-refractivity contribution is 7.89. The van der Waals surface area contributed by atoms with Crippen LogP contribution in [0.2, 0.25) is 0 Å². The van der Waals surface area contributed by atoms with E-state index in [2.05, 4.69) is 46.5 Å². The van der Waals surface area contributed by atoms with Crippen molar-refractivity contribution < 1.29 is 22.7 Å². The second kappa shape index (κ2) is 9.80. The molecule has 0 spiro atoms. The molecule has 0 bridgehead atoms. The van der Waals surface area contributed by atoms with E-state index in [9.17, 15) is 18.0 Å². The minimum atomic E-state index is -3.48. The van der Waals surface area contributed by atoms with Crippen molar-refractivity contribution in [1.82, 2.24) is 14.3 Å². The Bertz CT molecular complexity index is 1350. The lowest BCUT2D eigenvalue weighted by atomic mass is 10.1. The van der Waals surface area contributed by atoms with Gasteiger partial charge in [0.05, 0.1) is 36.3 Å².